The summed E-state index contributed by atoms with van der Waals surface area (Å²) in [6.45, 7) is 3.90. The van der Waals surface area contributed by atoms with E-state index in [1.807, 2.05) is 42.6 Å². The van der Waals surface area contributed by atoms with Gasteiger partial charge in [-0.3, -0.25) is 9.59 Å². The summed E-state index contributed by atoms with van der Waals surface area (Å²) < 4.78 is 5.22. The predicted molar refractivity (Wildman–Crippen MR) is 112 cm³/mol. The van der Waals surface area contributed by atoms with Crippen LogP contribution in [0.1, 0.15) is 35.7 Å². The smallest absolute Gasteiger partial charge is 0.341 e. The maximum absolute atomic E-state index is 12.9. The van der Waals surface area contributed by atoms with E-state index in [1.54, 1.807) is 13.0 Å². The second kappa shape index (κ2) is 9.05. The number of hydrogen-bond donors (Lipinski definition) is 2. The predicted octanol–water partition coefficient (Wildman–Crippen LogP) is 4.51. The first kappa shape index (κ1) is 20.8. The molecule has 152 valence electrons. The van der Waals surface area contributed by atoms with Crippen molar-refractivity contribution in [1.29, 1.82) is 0 Å². The summed E-state index contributed by atoms with van der Waals surface area (Å²) in [5.41, 5.74) is 2.89. The van der Waals surface area contributed by atoms with Crippen molar-refractivity contribution in [2.45, 2.75) is 26.7 Å². The van der Waals surface area contributed by atoms with Crippen LogP contribution in [-0.4, -0.2) is 29.6 Å². The van der Waals surface area contributed by atoms with Gasteiger partial charge in [-0.25, -0.2) is 4.79 Å². The van der Waals surface area contributed by atoms with E-state index < -0.39 is 29.7 Å². The van der Waals surface area contributed by atoms with Crippen LogP contribution in [0.25, 0.3) is 11.1 Å². The number of anilines is 1. The highest BCUT2D eigenvalue weighted by molar-refractivity contribution is 7.15. The first-order chi connectivity index (χ1) is 13.9. The van der Waals surface area contributed by atoms with Crippen LogP contribution in [0.4, 0.5) is 5.00 Å². The van der Waals surface area contributed by atoms with E-state index in [1.165, 1.54) is 11.3 Å². The highest BCUT2D eigenvalue weighted by Gasteiger charge is 2.35. The first-order valence-electron chi connectivity index (χ1n) is 9.46. The van der Waals surface area contributed by atoms with E-state index in [4.69, 9.17) is 4.74 Å². The highest BCUT2D eigenvalue weighted by Crippen LogP contribution is 2.37. The molecule has 0 spiro atoms. The van der Waals surface area contributed by atoms with E-state index >= 15 is 0 Å². The fraction of sp³-hybridized carbons (Fsp3) is 0.318. The number of allylic oxidation sites excluding steroid dienone is 2. The number of benzene rings is 1. The quantitative estimate of drug-likeness (QED) is 0.537. The van der Waals surface area contributed by atoms with E-state index in [9.17, 15) is 19.5 Å². The van der Waals surface area contributed by atoms with Gasteiger partial charge in [-0.05, 0) is 32.3 Å². The summed E-state index contributed by atoms with van der Waals surface area (Å²) in [5.74, 6) is -3.37. The Morgan fingerprint density at radius 1 is 1.21 bits per heavy atom. The number of aryl methyl sites for hydroxylation is 1. The lowest BCUT2D eigenvalue weighted by molar-refractivity contribution is -0.146. The van der Waals surface area contributed by atoms with Crippen LogP contribution < -0.4 is 5.32 Å². The lowest BCUT2D eigenvalue weighted by Crippen LogP contribution is -2.34. The van der Waals surface area contributed by atoms with Crippen LogP contribution in [0.5, 0.6) is 0 Å². The normalized spacial score (nSPS) is 18.3. The third-order valence-electron chi connectivity index (χ3n) is 4.92. The minimum atomic E-state index is -0.994. The number of carbonyl (C=O) groups is 3. The third-order valence-corrected chi connectivity index (χ3v) is 5.82. The second-order valence-electron chi connectivity index (χ2n) is 6.93. The number of carboxylic acid groups (broad SMARTS) is 1. The van der Waals surface area contributed by atoms with Gasteiger partial charge < -0.3 is 15.2 Å². The molecule has 1 aliphatic rings. The van der Waals surface area contributed by atoms with Gasteiger partial charge in [-0.1, -0.05) is 42.0 Å². The Kier molecular flexibility index (Phi) is 6.49. The largest absolute Gasteiger partial charge is 0.481 e. The molecule has 7 heteroatoms. The number of hydrogen-bond acceptors (Lipinski definition) is 5. The van der Waals surface area contributed by atoms with E-state index in [0.717, 1.165) is 11.1 Å². The molecule has 2 atom stereocenters. The van der Waals surface area contributed by atoms with Crippen molar-refractivity contribution in [3.63, 3.8) is 0 Å². The summed E-state index contributed by atoms with van der Waals surface area (Å²) >= 11 is 1.23. The van der Waals surface area contributed by atoms with Gasteiger partial charge in [-0.15, -0.1) is 11.3 Å². The molecule has 0 bridgehead atoms. The molecule has 2 aromatic rings. The van der Waals surface area contributed by atoms with Gasteiger partial charge >= 0.3 is 11.9 Å². The number of carboxylic acids is 1. The molecule has 0 unspecified atom stereocenters. The molecule has 29 heavy (non-hydrogen) atoms. The highest BCUT2D eigenvalue weighted by atomic mass is 32.1. The summed E-state index contributed by atoms with van der Waals surface area (Å²) in [4.78, 5) is 37.0. The number of aliphatic carboxylic acids is 1. The third kappa shape index (κ3) is 4.56. The number of amides is 1. The molecule has 0 fully saturated rings. The number of ether oxygens (including phenoxy) is 1. The summed E-state index contributed by atoms with van der Waals surface area (Å²) in [6, 6.07) is 7.73. The molecule has 1 aliphatic carbocycles. The fourth-order valence-electron chi connectivity index (χ4n) is 3.46. The standard InChI is InChI=1S/C22H23NO5S/c1-3-28-22(27)18-17(14-8-6-7-13(2)11-14)12-29-20(18)23-19(24)15-9-4-5-10-16(15)21(25)26/h4-8,11-12,15-16H,3,9-10H2,1-2H3,(H,23,24)(H,25,26)/t15-,16+/m0/s1. The summed E-state index contributed by atoms with van der Waals surface area (Å²) in [5, 5.41) is 14.4. The molecule has 0 saturated heterocycles. The maximum Gasteiger partial charge on any atom is 0.341 e. The Morgan fingerprint density at radius 3 is 2.59 bits per heavy atom. The van der Waals surface area contributed by atoms with Crippen molar-refractivity contribution in [1.82, 2.24) is 0 Å². The second-order valence-corrected chi connectivity index (χ2v) is 7.81. The zero-order valence-corrected chi connectivity index (χ0v) is 17.1. The Morgan fingerprint density at radius 2 is 1.93 bits per heavy atom. The molecule has 1 heterocycles. The average molecular weight is 413 g/mol. The molecule has 3 rings (SSSR count). The van der Waals surface area contributed by atoms with Crippen molar-refractivity contribution >= 4 is 34.2 Å². The van der Waals surface area contributed by atoms with Crippen LogP contribution in [0.3, 0.4) is 0 Å². The van der Waals surface area contributed by atoms with Gasteiger partial charge in [0.2, 0.25) is 5.91 Å². The first-order valence-corrected chi connectivity index (χ1v) is 10.3. The van der Waals surface area contributed by atoms with Crippen LogP contribution >= 0.6 is 11.3 Å². The zero-order valence-electron chi connectivity index (χ0n) is 16.3. The van der Waals surface area contributed by atoms with Gasteiger partial charge in [0.1, 0.15) is 10.6 Å². The van der Waals surface area contributed by atoms with Crippen LogP contribution in [0, 0.1) is 18.8 Å². The number of esters is 1. The number of rotatable bonds is 6. The molecule has 1 amide bonds. The lowest BCUT2D eigenvalue weighted by Gasteiger charge is -2.24. The van der Waals surface area contributed by atoms with Gasteiger partial charge in [0, 0.05) is 10.9 Å². The van der Waals surface area contributed by atoms with Crippen molar-refractivity contribution in [3.05, 3.63) is 52.9 Å². The number of nitrogens with one attached hydrogen (secondary N) is 1. The molecule has 6 nitrogen and oxygen atoms in total. The lowest BCUT2D eigenvalue weighted by atomic mass is 9.82. The van der Waals surface area contributed by atoms with E-state index in [-0.39, 0.29) is 6.61 Å². The Bertz CT molecular complexity index is 962. The van der Waals surface area contributed by atoms with Crippen molar-refractivity contribution in [3.8, 4) is 11.1 Å². The van der Waals surface area contributed by atoms with E-state index in [2.05, 4.69) is 5.32 Å². The Balaban J connectivity index is 1.94. The van der Waals surface area contributed by atoms with Crippen LogP contribution in [-0.2, 0) is 14.3 Å². The molecule has 2 N–H and O–H groups in total. The molecular weight excluding hydrogens is 390 g/mol. The minimum Gasteiger partial charge on any atom is -0.481 e. The zero-order chi connectivity index (χ0) is 21.0. The van der Waals surface area contributed by atoms with E-state index in [0.29, 0.717) is 29.0 Å². The van der Waals surface area contributed by atoms with Crippen LogP contribution in [0.15, 0.2) is 41.8 Å². The number of carbonyl (C=O) groups excluding carboxylic acids is 2. The van der Waals surface area contributed by atoms with Crippen LogP contribution in [0.2, 0.25) is 0 Å². The maximum atomic E-state index is 12.9. The van der Waals surface area contributed by atoms with Gasteiger partial charge in [0.05, 0.1) is 18.4 Å². The molecule has 1 aromatic heterocycles. The SMILES string of the molecule is CCOC(=O)c1c(-c2cccc(C)c2)csc1NC(=O)[C@H]1CC=CC[C@H]1C(=O)O. The topological polar surface area (TPSA) is 92.7 Å². The average Bonchev–Trinajstić information content (AvgIpc) is 3.11. The molecule has 0 aliphatic heterocycles. The molecule has 0 saturated carbocycles. The fourth-order valence-corrected chi connectivity index (χ4v) is 4.42. The monoisotopic (exact) mass is 413 g/mol. The van der Waals surface area contributed by atoms with Gasteiger partial charge in [-0.2, -0.15) is 0 Å². The molecular formula is C22H23NO5S. The number of thiophene rings is 1. The molecule has 0 radical (unpaired) electrons. The van der Waals surface area contributed by atoms with Crippen molar-refractivity contribution in [2.75, 3.05) is 11.9 Å². The van der Waals surface area contributed by atoms with Gasteiger partial charge in [0.25, 0.3) is 0 Å². The molecule has 1 aromatic carbocycles. The summed E-state index contributed by atoms with van der Waals surface area (Å²) in [7, 11) is 0. The Hall–Kier alpha value is -2.93. The van der Waals surface area contributed by atoms with Crippen molar-refractivity contribution in [2.24, 2.45) is 11.8 Å². The van der Waals surface area contributed by atoms with Crippen molar-refractivity contribution < 1.29 is 24.2 Å². The Labute approximate surface area is 173 Å². The van der Waals surface area contributed by atoms with Gasteiger partial charge in [0.15, 0.2) is 0 Å². The minimum absolute atomic E-state index is 0.212. The summed E-state index contributed by atoms with van der Waals surface area (Å²) in [6.07, 6.45) is 4.28.